The van der Waals surface area contributed by atoms with E-state index in [-0.39, 0.29) is 5.91 Å². The monoisotopic (exact) mass is 434 g/mol. The van der Waals surface area contributed by atoms with Gasteiger partial charge in [0.25, 0.3) is 5.91 Å². The predicted molar refractivity (Wildman–Crippen MR) is 121 cm³/mol. The van der Waals surface area contributed by atoms with Gasteiger partial charge in [-0.2, -0.15) is 0 Å². The lowest BCUT2D eigenvalue weighted by molar-refractivity contribution is 0.0298. The topological polar surface area (TPSA) is 85.0 Å². The predicted octanol–water partition coefficient (Wildman–Crippen LogP) is 3.21. The number of nitrogens with zero attached hydrogens (tertiary/aromatic N) is 2. The number of rotatable bonds is 5. The summed E-state index contributed by atoms with van der Waals surface area (Å²) >= 11 is 0. The van der Waals surface area contributed by atoms with Crippen LogP contribution in [0.4, 0.5) is 17.2 Å². The fraction of sp³-hybridized carbons (Fsp3) is 0.417. The molecule has 0 unspecified atom stereocenters. The highest BCUT2D eigenvalue weighted by molar-refractivity contribution is 5.99. The Morgan fingerprint density at radius 2 is 1.84 bits per heavy atom. The maximum atomic E-state index is 13.1. The summed E-state index contributed by atoms with van der Waals surface area (Å²) in [6.45, 7) is 3.13. The van der Waals surface area contributed by atoms with Crippen molar-refractivity contribution in [3.8, 4) is 11.5 Å². The van der Waals surface area contributed by atoms with Crippen molar-refractivity contribution in [1.82, 2.24) is 9.88 Å². The number of benzene rings is 1. The Kier molecular flexibility index (Phi) is 4.87. The third-order valence-electron chi connectivity index (χ3n) is 6.15. The summed E-state index contributed by atoms with van der Waals surface area (Å²) in [7, 11) is 0. The molecule has 0 bridgehead atoms. The highest BCUT2D eigenvalue weighted by Gasteiger charge is 2.28. The first-order valence-electron chi connectivity index (χ1n) is 11.3. The molecule has 2 N–H and O–H groups in total. The van der Waals surface area contributed by atoms with E-state index in [1.54, 1.807) is 4.90 Å². The Bertz CT molecular complexity index is 1090. The molecule has 8 heteroatoms. The van der Waals surface area contributed by atoms with Gasteiger partial charge < -0.3 is 29.7 Å². The van der Waals surface area contributed by atoms with Gasteiger partial charge in [0, 0.05) is 42.9 Å². The first kappa shape index (κ1) is 19.4. The number of amides is 1. The van der Waals surface area contributed by atoms with E-state index < -0.39 is 0 Å². The zero-order valence-electron chi connectivity index (χ0n) is 17.9. The molecule has 8 nitrogen and oxygen atoms in total. The van der Waals surface area contributed by atoms with Gasteiger partial charge in [0.2, 0.25) is 0 Å². The molecule has 2 aromatic rings. The van der Waals surface area contributed by atoms with E-state index in [1.165, 1.54) is 18.4 Å². The van der Waals surface area contributed by atoms with Crippen LogP contribution in [0.3, 0.4) is 0 Å². The minimum Gasteiger partial charge on any atom is -0.485 e. The molecule has 1 saturated heterocycles. The van der Waals surface area contributed by atoms with Crippen molar-refractivity contribution in [3.05, 3.63) is 41.1 Å². The van der Waals surface area contributed by atoms with Gasteiger partial charge >= 0.3 is 0 Å². The van der Waals surface area contributed by atoms with Crippen LogP contribution in [0.5, 0.6) is 11.5 Å². The standard InChI is InChI=1S/C24H26N4O4/c29-24(28-8-10-30-11-9-28)17-6-7-19(23-22(17)31-12-13-32-23)27-21-14-20(25-15-4-5-15)16-2-1-3-18(16)26-21/h1-2,6-7,14-15H,3-5,8-13H2,(H2,25,26,27). The first-order valence-corrected chi connectivity index (χ1v) is 11.3. The molecule has 0 radical (unpaired) electrons. The summed E-state index contributed by atoms with van der Waals surface area (Å²) in [6, 6.07) is 6.29. The number of carbonyl (C=O) groups is 1. The van der Waals surface area contributed by atoms with Crippen LogP contribution in [0.1, 0.15) is 34.5 Å². The molecule has 3 heterocycles. The summed E-state index contributed by atoms with van der Waals surface area (Å²) in [6.07, 6.45) is 7.53. The molecule has 1 amide bonds. The van der Waals surface area contributed by atoms with Crippen LogP contribution in [-0.2, 0) is 11.2 Å². The van der Waals surface area contributed by atoms with Gasteiger partial charge in [-0.05, 0) is 25.0 Å². The van der Waals surface area contributed by atoms with E-state index >= 15 is 0 Å². The van der Waals surface area contributed by atoms with Gasteiger partial charge in [-0.3, -0.25) is 4.79 Å². The average Bonchev–Trinajstić information content (AvgIpc) is 3.52. The maximum absolute atomic E-state index is 13.1. The van der Waals surface area contributed by atoms with E-state index in [9.17, 15) is 4.79 Å². The number of hydrogen-bond donors (Lipinski definition) is 2. The first-order chi connectivity index (χ1) is 15.8. The Balaban J connectivity index is 1.32. The van der Waals surface area contributed by atoms with Crippen molar-refractivity contribution in [3.63, 3.8) is 0 Å². The summed E-state index contributed by atoms with van der Waals surface area (Å²) in [5.41, 5.74) is 4.61. The molecule has 2 fully saturated rings. The molecule has 166 valence electrons. The largest absolute Gasteiger partial charge is 0.485 e. The molecule has 6 rings (SSSR count). The second-order valence-electron chi connectivity index (χ2n) is 8.49. The number of carbonyl (C=O) groups excluding carboxylic acids is 1. The quantitative estimate of drug-likeness (QED) is 0.747. The van der Waals surface area contributed by atoms with Gasteiger partial charge in [-0.15, -0.1) is 0 Å². The number of allylic oxidation sites excluding steroid dienone is 1. The van der Waals surface area contributed by atoms with Crippen LogP contribution in [0.2, 0.25) is 0 Å². The van der Waals surface area contributed by atoms with Crippen molar-refractivity contribution < 1.29 is 19.0 Å². The van der Waals surface area contributed by atoms with Gasteiger partial charge in [0.15, 0.2) is 11.5 Å². The Labute approximate surface area is 186 Å². The molecule has 32 heavy (non-hydrogen) atoms. The summed E-state index contributed by atoms with van der Waals surface area (Å²) in [5, 5.41) is 7.03. The smallest absolute Gasteiger partial charge is 0.257 e. The van der Waals surface area contributed by atoms with Crippen molar-refractivity contribution in [2.45, 2.75) is 25.3 Å². The highest BCUT2D eigenvalue weighted by Crippen LogP contribution is 2.43. The van der Waals surface area contributed by atoms with Crippen molar-refractivity contribution >= 4 is 29.2 Å². The van der Waals surface area contributed by atoms with E-state index in [0.29, 0.717) is 62.6 Å². The highest BCUT2D eigenvalue weighted by atomic mass is 16.6. The zero-order chi connectivity index (χ0) is 21.5. The fourth-order valence-electron chi connectivity index (χ4n) is 4.35. The van der Waals surface area contributed by atoms with E-state index in [2.05, 4.69) is 28.9 Å². The maximum Gasteiger partial charge on any atom is 0.257 e. The zero-order valence-corrected chi connectivity index (χ0v) is 17.9. The number of morpholine rings is 1. The molecule has 0 spiro atoms. The van der Waals surface area contributed by atoms with Crippen LogP contribution < -0.4 is 20.1 Å². The van der Waals surface area contributed by atoms with Crippen LogP contribution in [-0.4, -0.2) is 61.3 Å². The third kappa shape index (κ3) is 3.64. The van der Waals surface area contributed by atoms with Gasteiger partial charge in [0.05, 0.1) is 30.2 Å². The molecule has 2 aliphatic carbocycles. The van der Waals surface area contributed by atoms with E-state index in [1.807, 2.05) is 12.1 Å². The molecule has 0 atom stereocenters. The fourth-order valence-corrected chi connectivity index (χ4v) is 4.35. The number of fused-ring (bicyclic) bond motifs is 2. The number of aromatic nitrogens is 1. The minimum absolute atomic E-state index is 0.0563. The summed E-state index contributed by atoms with van der Waals surface area (Å²) in [4.78, 5) is 19.7. The Morgan fingerprint density at radius 1 is 1.03 bits per heavy atom. The van der Waals surface area contributed by atoms with Crippen LogP contribution in [0.25, 0.3) is 6.08 Å². The number of hydrogen-bond acceptors (Lipinski definition) is 7. The molecule has 2 aliphatic heterocycles. The Hall–Kier alpha value is -3.26. The molecular formula is C24H26N4O4. The van der Waals surface area contributed by atoms with Gasteiger partial charge in [-0.1, -0.05) is 12.2 Å². The number of anilines is 3. The van der Waals surface area contributed by atoms with E-state index in [0.717, 1.165) is 29.3 Å². The SMILES string of the molecule is O=C(c1ccc(Nc2cc(NC3CC3)c3c(n2)CC=C3)c2c1OCCO2)N1CCOCC1. The number of ether oxygens (including phenoxy) is 3. The molecular weight excluding hydrogens is 408 g/mol. The second-order valence-corrected chi connectivity index (χ2v) is 8.49. The van der Waals surface area contributed by atoms with Gasteiger partial charge in [0.1, 0.15) is 19.0 Å². The lowest BCUT2D eigenvalue weighted by Gasteiger charge is -2.29. The van der Waals surface area contributed by atoms with Crippen molar-refractivity contribution in [2.75, 3.05) is 50.2 Å². The van der Waals surface area contributed by atoms with Crippen LogP contribution in [0, 0.1) is 0 Å². The molecule has 1 saturated carbocycles. The normalized spacial score (nSPS) is 18.9. The lowest BCUT2D eigenvalue weighted by atomic mass is 10.1. The third-order valence-corrected chi connectivity index (χ3v) is 6.15. The second kappa shape index (κ2) is 8.02. The van der Waals surface area contributed by atoms with Gasteiger partial charge in [-0.25, -0.2) is 4.98 Å². The molecule has 4 aliphatic rings. The van der Waals surface area contributed by atoms with E-state index in [4.69, 9.17) is 19.2 Å². The minimum atomic E-state index is -0.0563. The molecule has 1 aromatic carbocycles. The Morgan fingerprint density at radius 3 is 2.66 bits per heavy atom. The number of nitrogens with one attached hydrogen (secondary N) is 2. The number of pyridine rings is 1. The van der Waals surface area contributed by atoms with Crippen LogP contribution in [0.15, 0.2) is 24.3 Å². The summed E-state index contributed by atoms with van der Waals surface area (Å²) < 4.78 is 17.3. The lowest BCUT2D eigenvalue weighted by Crippen LogP contribution is -2.41. The molecule has 1 aromatic heterocycles. The van der Waals surface area contributed by atoms with Crippen molar-refractivity contribution in [1.29, 1.82) is 0 Å². The van der Waals surface area contributed by atoms with Crippen molar-refractivity contribution in [2.24, 2.45) is 0 Å². The summed E-state index contributed by atoms with van der Waals surface area (Å²) in [5.74, 6) is 1.75. The average molecular weight is 434 g/mol. The van der Waals surface area contributed by atoms with Crippen LogP contribution >= 0.6 is 0 Å².